The molecule has 0 atom stereocenters. The van der Waals surface area contributed by atoms with E-state index in [2.05, 4.69) is 76.2 Å². The molecular weight excluding hydrogens is 473 g/mol. The summed E-state index contributed by atoms with van der Waals surface area (Å²) in [5.41, 5.74) is 1.67. The molecular formula is C21H43HfN3. The van der Waals surface area contributed by atoms with Crippen molar-refractivity contribution in [3.8, 4) is 0 Å². The van der Waals surface area contributed by atoms with E-state index in [1.807, 2.05) is 3.33 Å². The molecule has 4 heteroatoms. The van der Waals surface area contributed by atoms with Crippen LogP contribution in [0.15, 0.2) is 21.1 Å². The van der Waals surface area contributed by atoms with E-state index >= 15 is 0 Å². The molecule has 0 radical (unpaired) electrons. The second-order valence-electron chi connectivity index (χ2n) is 7.36. The average Bonchev–Trinajstić information content (AvgIpc) is 3.04. The summed E-state index contributed by atoms with van der Waals surface area (Å²) in [4.78, 5) is 0. The first-order valence-corrected chi connectivity index (χ1v) is 17.2. The quantitative estimate of drug-likeness (QED) is 0.332. The van der Waals surface area contributed by atoms with Gasteiger partial charge in [-0.3, -0.25) is 0 Å². The molecule has 0 heterocycles. The third-order valence-corrected chi connectivity index (χ3v) is 26.8. The number of hydrogen-bond acceptors (Lipinski definition) is 3. The molecule has 0 aromatic heterocycles. The number of nitrogens with zero attached hydrogens (tertiary/aromatic N) is 3. The van der Waals surface area contributed by atoms with E-state index in [0.717, 1.165) is 5.92 Å². The van der Waals surface area contributed by atoms with Crippen LogP contribution >= 0.6 is 0 Å². The van der Waals surface area contributed by atoms with Crippen molar-refractivity contribution in [1.29, 1.82) is 0 Å². The summed E-state index contributed by atoms with van der Waals surface area (Å²) < 4.78 is 10.6. The second kappa shape index (κ2) is 11.2. The Morgan fingerprint density at radius 2 is 1.20 bits per heavy atom. The predicted molar refractivity (Wildman–Crippen MR) is 109 cm³/mol. The Balaban J connectivity index is 3.68. The zero-order chi connectivity index (χ0) is 19.0. The first-order valence-electron chi connectivity index (χ1n) is 10.6. The normalized spacial score (nSPS) is 15.7. The van der Waals surface area contributed by atoms with E-state index in [1.165, 1.54) is 52.1 Å². The van der Waals surface area contributed by atoms with E-state index in [1.54, 1.807) is 5.57 Å². The van der Waals surface area contributed by atoms with Gasteiger partial charge in [0.2, 0.25) is 0 Å². The molecule has 0 N–H and O–H groups in total. The van der Waals surface area contributed by atoms with E-state index in [4.69, 9.17) is 0 Å². The van der Waals surface area contributed by atoms with Gasteiger partial charge in [0, 0.05) is 0 Å². The number of hydrogen-bond donors (Lipinski definition) is 0. The summed E-state index contributed by atoms with van der Waals surface area (Å²) in [5, 5.41) is 0. The minimum atomic E-state index is -3.25. The van der Waals surface area contributed by atoms with E-state index in [-0.39, 0.29) is 0 Å². The van der Waals surface area contributed by atoms with Crippen molar-refractivity contribution in [3.63, 3.8) is 0 Å². The standard InChI is InChI=1S/C9H13.3C4H10N.Hf/c1-8(2)7-9-5-3-4-6-9;3*1-3-5-4-2;/h3,5,8H,4,7H2,1-2H3;3*3-4H2,1-2H3;/q;3*-1;+3. The third kappa shape index (κ3) is 4.75. The first kappa shape index (κ1) is 23.3. The van der Waals surface area contributed by atoms with Crippen LogP contribution in [0.2, 0.25) is 0 Å². The molecule has 1 aliphatic rings. The van der Waals surface area contributed by atoms with Crippen LogP contribution in [0.3, 0.4) is 0 Å². The molecule has 0 amide bonds. The van der Waals surface area contributed by atoms with Gasteiger partial charge in [-0.15, -0.1) is 0 Å². The van der Waals surface area contributed by atoms with Gasteiger partial charge in [-0.2, -0.15) is 0 Å². The fourth-order valence-corrected chi connectivity index (χ4v) is 26.3. The van der Waals surface area contributed by atoms with Crippen LogP contribution in [0.1, 0.15) is 68.2 Å². The molecule has 0 bridgehead atoms. The molecule has 0 unspecified atom stereocenters. The van der Waals surface area contributed by atoms with E-state index in [9.17, 15) is 0 Å². The fourth-order valence-electron chi connectivity index (χ4n) is 4.70. The summed E-state index contributed by atoms with van der Waals surface area (Å²) in [6, 6.07) is 0. The van der Waals surface area contributed by atoms with Crippen molar-refractivity contribution in [2.75, 3.05) is 39.3 Å². The van der Waals surface area contributed by atoms with Crippen molar-refractivity contribution in [1.82, 2.24) is 8.66 Å². The maximum atomic E-state index is 2.91. The van der Waals surface area contributed by atoms with Gasteiger partial charge < -0.3 is 0 Å². The van der Waals surface area contributed by atoms with Crippen LogP contribution in [-0.2, 0) is 20.8 Å². The van der Waals surface area contributed by atoms with Crippen molar-refractivity contribution in [2.45, 2.75) is 68.2 Å². The molecule has 1 aliphatic carbocycles. The Bertz CT molecular complexity index is 413. The van der Waals surface area contributed by atoms with Crippen LogP contribution in [-0.4, -0.2) is 47.9 Å². The van der Waals surface area contributed by atoms with Gasteiger partial charge in [0.05, 0.1) is 0 Å². The molecule has 0 aromatic carbocycles. The van der Waals surface area contributed by atoms with Crippen LogP contribution in [0.4, 0.5) is 0 Å². The van der Waals surface area contributed by atoms with Crippen LogP contribution in [0.25, 0.3) is 0 Å². The van der Waals surface area contributed by atoms with Gasteiger partial charge in [0.25, 0.3) is 0 Å². The molecule has 0 saturated carbocycles. The molecule has 146 valence electrons. The third-order valence-electron chi connectivity index (χ3n) is 5.67. The molecule has 0 aromatic rings. The molecule has 0 spiro atoms. The second-order valence-corrected chi connectivity index (χ2v) is 20.9. The van der Waals surface area contributed by atoms with Crippen molar-refractivity contribution in [2.24, 2.45) is 5.92 Å². The Morgan fingerprint density at radius 3 is 1.52 bits per heavy atom. The van der Waals surface area contributed by atoms with Crippen molar-refractivity contribution >= 4 is 0 Å². The molecule has 0 aliphatic heterocycles. The van der Waals surface area contributed by atoms with E-state index < -0.39 is 20.8 Å². The van der Waals surface area contributed by atoms with Gasteiger partial charge in [0.1, 0.15) is 0 Å². The summed E-state index contributed by atoms with van der Waals surface area (Å²) in [6.45, 7) is 26.0. The topological polar surface area (TPSA) is 9.72 Å². The number of allylic oxidation sites excluding steroid dienone is 4. The van der Waals surface area contributed by atoms with Crippen LogP contribution in [0.5, 0.6) is 0 Å². The fraction of sp³-hybridized carbons (Fsp3) is 0.810. The van der Waals surface area contributed by atoms with Crippen molar-refractivity contribution in [3.05, 3.63) is 21.1 Å². The summed E-state index contributed by atoms with van der Waals surface area (Å²) >= 11 is -3.25. The Hall–Kier alpha value is 0.230. The summed E-state index contributed by atoms with van der Waals surface area (Å²) in [6.07, 6.45) is 7.32. The molecule has 3 nitrogen and oxygen atoms in total. The zero-order valence-electron chi connectivity index (χ0n) is 18.2. The Morgan fingerprint density at radius 1 is 0.800 bits per heavy atom. The maximum absolute atomic E-state index is 3.25. The minimum absolute atomic E-state index is 0.726. The molecule has 0 saturated heterocycles. The average molecular weight is 516 g/mol. The molecule has 0 fully saturated rings. The van der Waals surface area contributed by atoms with Gasteiger partial charge in [-0.25, -0.2) is 0 Å². The van der Waals surface area contributed by atoms with Gasteiger partial charge in [0.15, 0.2) is 0 Å². The monoisotopic (exact) mass is 517 g/mol. The van der Waals surface area contributed by atoms with Gasteiger partial charge >= 0.3 is 164 Å². The number of rotatable bonds is 12. The molecule has 1 rings (SSSR count). The SMILES string of the molecule is CC[N](CC)[Hf]([C]1=C(CC(C)C)C=CC1)([N](CC)CC)[N](CC)CC. The summed E-state index contributed by atoms with van der Waals surface area (Å²) in [5.74, 6) is 0.726. The van der Waals surface area contributed by atoms with Gasteiger partial charge in [-0.1, -0.05) is 0 Å². The zero-order valence-corrected chi connectivity index (χ0v) is 21.8. The molecule has 25 heavy (non-hydrogen) atoms. The van der Waals surface area contributed by atoms with E-state index in [0.29, 0.717) is 0 Å². The van der Waals surface area contributed by atoms with Crippen LogP contribution in [0, 0.1) is 5.92 Å². The van der Waals surface area contributed by atoms with Crippen LogP contribution < -0.4 is 0 Å². The van der Waals surface area contributed by atoms with Crippen molar-refractivity contribution < 1.29 is 20.8 Å². The predicted octanol–water partition coefficient (Wildman–Crippen LogP) is 5.17. The van der Waals surface area contributed by atoms with Gasteiger partial charge in [-0.05, 0) is 0 Å². The Labute approximate surface area is 163 Å². The Kier molecular flexibility index (Phi) is 10.4. The summed E-state index contributed by atoms with van der Waals surface area (Å²) in [7, 11) is 0. The first-order chi connectivity index (χ1) is 12.0.